The molecular formula is C31H31N3O3. The van der Waals surface area contributed by atoms with E-state index in [0.717, 1.165) is 70.7 Å². The van der Waals surface area contributed by atoms with Gasteiger partial charge in [0.25, 0.3) is 0 Å². The minimum Gasteiger partial charge on any atom is -0.478 e. The van der Waals surface area contributed by atoms with E-state index >= 15 is 0 Å². The molecule has 1 N–H and O–H groups in total. The number of hydrogen-bond donors (Lipinski definition) is 1. The molecule has 5 rings (SSSR count). The summed E-state index contributed by atoms with van der Waals surface area (Å²) in [5.41, 5.74) is 6.87. The SMILES string of the molecule is Cn1cnc2ccc(-c3ccc(CN(C(=O)C4CCCCC4)c4cccc(C=CC(=O)O)c4)cc3)cc21. The smallest absolute Gasteiger partial charge is 0.328 e. The van der Waals surface area contributed by atoms with Crippen LogP contribution in [0.1, 0.15) is 43.2 Å². The Morgan fingerprint density at radius 1 is 1.00 bits per heavy atom. The Hall–Kier alpha value is -4.19. The van der Waals surface area contributed by atoms with E-state index in [-0.39, 0.29) is 11.8 Å². The second kappa shape index (κ2) is 10.8. The molecule has 0 atom stereocenters. The number of benzene rings is 3. The predicted molar refractivity (Wildman–Crippen MR) is 147 cm³/mol. The van der Waals surface area contributed by atoms with Crippen LogP contribution in [0.2, 0.25) is 0 Å². The first-order chi connectivity index (χ1) is 18.0. The van der Waals surface area contributed by atoms with Crippen molar-refractivity contribution in [1.82, 2.24) is 9.55 Å². The number of carbonyl (C=O) groups excluding carboxylic acids is 1. The van der Waals surface area contributed by atoms with Crippen molar-refractivity contribution < 1.29 is 14.7 Å². The fraction of sp³-hybridized carbons (Fsp3) is 0.258. The largest absolute Gasteiger partial charge is 0.478 e. The molecule has 0 unspecified atom stereocenters. The molecule has 0 aliphatic heterocycles. The number of anilines is 1. The second-order valence-electron chi connectivity index (χ2n) is 9.78. The van der Waals surface area contributed by atoms with Gasteiger partial charge in [-0.05, 0) is 65.4 Å². The van der Waals surface area contributed by atoms with Crippen LogP contribution >= 0.6 is 0 Å². The van der Waals surface area contributed by atoms with Crippen molar-refractivity contribution in [3.8, 4) is 11.1 Å². The van der Waals surface area contributed by atoms with Crippen LogP contribution in [0.15, 0.2) is 79.1 Å². The number of carboxylic acid groups (broad SMARTS) is 1. The number of nitrogens with zero attached hydrogens (tertiary/aromatic N) is 3. The van der Waals surface area contributed by atoms with Crippen LogP contribution in [-0.4, -0.2) is 26.5 Å². The number of aromatic nitrogens is 2. The lowest BCUT2D eigenvalue weighted by Crippen LogP contribution is -2.36. The number of fused-ring (bicyclic) bond motifs is 1. The van der Waals surface area contributed by atoms with Crippen LogP contribution in [0.3, 0.4) is 0 Å². The fourth-order valence-corrected chi connectivity index (χ4v) is 5.12. The van der Waals surface area contributed by atoms with Crippen molar-refractivity contribution >= 4 is 34.7 Å². The lowest BCUT2D eigenvalue weighted by molar-refractivity contribution is -0.131. The Morgan fingerprint density at radius 2 is 1.76 bits per heavy atom. The minimum atomic E-state index is -0.997. The molecule has 1 fully saturated rings. The molecule has 188 valence electrons. The molecule has 37 heavy (non-hydrogen) atoms. The fourth-order valence-electron chi connectivity index (χ4n) is 5.12. The van der Waals surface area contributed by atoms with Crippen LogP contribution in [0.4, 0.5) is 5.69 Å². The van der Waals surface area contributed by atoms with Gasteiger partial charge in [-0.15, -0.1) is 0 Å². The third kappa shape index (κ3) is 5.64. The Labute approximate surface area is 216 Å². The maximum absolute atomic E-state index is 13.7. The maximum atomic E-state index is 13.7. The highest BCUT2D eigenvalue weighted by atomic mass is 16.4. The van der Waals surface area contributed by atoms with Crippen LogP contribution in [-0.2, 0) is 23.2 Å². The first-order valence-corrected chi connectivity index (χ1v) is 12.8. The van der Waals surface area contributed by atoms with Gasteiger partial charge >= 0.3 is 5.97 Å². The molecule has 1 heterocycles. The predicted octanol–water partition coefficient (Wildman–Crippen LogP) is 6.45. The summed E-state index contributed by atoms with van der Waals surface area (Å²) in [6.07, 6.45) is 9.69. The van der Waals surface area contributed by atoms with Gasteiger partial charge in [-0.3, -0.25) is 4.79 Å². The number of aryl methyl sites for hydroxylation is 1. The number of carbonyl (C=O) groups is 2. The van der Waals surface area contributed by atoms with Crippen molar-refractivity contribution in [1.29, 1.82) is 0 Å². The molecule has 1 amide bonds. The molecule has 0 saturated heterocycles. The highest BCUT2D eigenvalue weighted by Gasteiger charge is 2.27. The third-order valence-corrected chi connectivity index (χ3v) is 7.17. The number of carboxylic acids is 1. The minimum absolute atomic E-state index is 0.0249. The monoisotopic (exact) mass is 493 g/mol. The highest BCUT2D eigenvalue weighted by molar-refractivity contribution is 5.95. The Morgan fingerprint density at radius 3 is 2.51 bits per heavy atom. The highest BCUT2D eigenvalue weighted by Crippen LogP contribution is 2.30. The Bertz CT molecular complexity index is 1450. The van der Waals surface area contributed by atoms with Gasteiger partial charge in [0.15, 0.2) is 0 Å². The molecule has 0 radical (unpaired) electrons. The summed E-state index contributed by atoms with van der Waals surface area (Å²) in [5.74, 6) is -0.829. The van der Waals surface area contributed by atoms with E-state index in [2.05, 4.69) is 41.4 Å². The van der Waals surface area contributed by atoms with Gasteiger partial charge in [0.1, 0.15) is 0 Å². The van der Waals surface area contributed by atoms with E-state index in [1.165, 1.54) is 6.42 Å². The summed E-state index contributed by atoms with van der Waals surface area (Å²) in [5, 5.41) is 9.01. The van der Waals surface area contributed by atoms with Crippen LogP contribution in [0, 0.1) is 5.92 Å². The zero-order valence-electron chi connectivity index (χ0n) is 21.0. The lowest BCUT2D eigenvalue weighted by atomic mass is 9.88. The van der Waals surface area contributed by atoms with Gasteiger partial charge in [-0.2, -0.15) is 0 Å². The molecule has 3 aromatic carbocycles. The Kier molecular flexibility index (Phi) is 7.17. The molecule has 1 saturated carbocycles. The van der Waals surface area contributed by atoms with Gasteiger partial charge in [0.05, 0.1) is 23.9 Å². The maximum Gasteiger partial charge on any atom is 0.328 e. The van der Waals surface area contributed by atoms with Gasteiger partial charge in [-0.1, -0.05) is 61.7 Å². The summed E-state index contributed by atoms with van der Waals surface area (Å²) < 4.78 is 2.02. The van der Waals surface area contributed by atoms with Crippen molar-refractivity contribution in [3.63, 3.8) is 0 Å². The molecule has 6 heteroatoms. The zero-order valence-corrected chi connectivity index (χ0v) is 21.0. The molecule has 1 aromatic heterocycles. The summed E-state index contributed by atoms with van der Waals surface area (Å²) >= 11 is 0. The third-order valence-electron chi connectivity index (χ3n) is 7.17. The average Bonchev–Trinajstić information content (AvgIpc) is 3.31. The van der Waals surface area contributed by atoms with Gasteiger partial charge in [-0.25, -0.2) is 9.78 Å². The average molecular weight is 494 g/mol. The van der Waals surface area contributed by atoms with E-state index < -0.39 is 5.97 Å². The van der Waals surface area contributed by atoms with E-state index in [9.17, 15) is 9.59 Å². The van der Waals surface area contributed by atoms with Gasteiger partial charge in [0, 0.05) is 24.7 Å². The number of hydrogen-bond acceptors (Lipinski definition) is 3. The standard InChI is InChI=1S/C31H31N3O3/c1-33-21-32-28-16-15-26(19-29(28)33)24-13-10-23(11-14-24)20-34(31(37)25-7-3-2-4-8-25)27-9-5-6-22(18-27)12-17-30(35)36/h5-6,9-19,21,25H,2-4,7-8,20H2,1H3,(H,35,36). The number of rotatable bonds is 7. The molecule has 1 aliphatic rings. The van der Waals surface area contributed by atoms with Crippen LogP contribution in [0.25, 0.3) is 28.2 Å². The topological polar surface area (TPSA) is 75.4 Å². The van der Waals surface area contributed by atoms with E-state index in [1.807, 2.05) is 53.2 Å². The van der Waals surface area contributed by atoms with Crippen molar-refractivity contribution in [2.75, 3.05) is 4.90 Å². The van der Waals surface area contributed by atoms with Crippen molar-refractivity contribution in [3.05, 3.63) is 90.3 Å². The molecule has 0 bridgehead atoms. The van der Waals surface area contributed by atoms with E-state index in [0.29, 0.717) is 6.54 Å². The number of aliphatic carboxylic acids is 1. The summed E-state index contributed by atoms with van der Waals surface area (Å²) in [4.78, 5) is 31.0. The van der Waals surface area contributed by atoms with Gasteiger partial charge < -0.3 is 14.6 Å². The van der Waals surface area contributed by atoms with E-state index in [1.54, 1.807) is 6.08 Å². The van der Waals surface area contributed by atoms with Crippen LogP contribution < -0.4 is 4.90 Å². The van der Waals surface area contributed by atoms with Crippen LogP contribution in [0.5, 0.6) is 0 Å². The number of imidazole rings is 1. The molecular weight excluding hydrogens is 462 g/mol. The molecule has 6 nitrogen and oxygen atoms in total. The lowest BCUT2D eigenvalue weighted by Gasteiger charge is -2.30. The quantitative estimate of drug-likeness (QED) is 0.300. The molecule has 1 aliphatic carbocycles. The van der Waals surface area contributed by atoms with Crippen molar-refractivity contribution in [2.45, 2.75) is 38.6 Å². The zero-order chi connectivity index (χ0) is 25.8. The summed E-state index contributed by atoms with van der Waals surface area (Å²) in [6.45, 7) is 0.461. The van der Waals surface area contributed by atoms with Crippen molar-refractivity contribution in [2.24, 2.45) is 13.0 Å². The number of amides is 1. The van der Waals surface area contributed by atoms with Gasteiger partial charge in [0.2, 0.25) is 5.91 Å². The Balaban J connectivity index is 1.42. The van der Waals surface area contributed by atoms with E-state index in [4.69, 9.17) is 5.11 Å². The summed E-state index contributed by atoms with van der Waals surface area (Å²) in [7, 11) is 1.99. The normalized spacial score (nSPS) is 14.3. The first kappa shape index (κ1) is 24.5. The summed E-state index contributed by atoms with van der Waals surface area (Å²) in [6, 6.07) is 22.2. The molecule has 4 aromatic rings. The second-order valence-corrected chi connectivity index (χ2v) is 9.78. The first-order valence-electron chi connectivity index (χ1n) is 12.8. The molecule has 0 spiro atoms.